The van der Waals surface area contributed by atoms with Crippen LogP contribution < -0.4 is 14.2 Å². The number of anilines is 1. The Balaban J connectivity index is 1.61. The third-order valence-electron chi connectivity index (χ3n) is 3.24. The summed E-state index contributed by atoms with van der Waals surface area (Å²) in [5.74, 6) is 1.13. The van der Waals surface area contributed by atoms with Crippen LogP contribution in [0, 0.1) is 0 Å². The molecule has 1 aromatic carbocycles. The molecule has 4 rings (SSSR count). The molecule has 3 aromatic rings. The topological polar surface area (TPSA) is 93.3 Å². The van der Waals surface area contributed by atoms with E-state index in [1.807, 2.05) is 0 Å². The average molecular weight is 349 g/mol. The Bertz CT molecular complexity index is 948. The third kappa shape index (κ3) is 2.64. The van der Waals surface area contributed by atoms with Gasteiger partial charge in [-0.25, -0.2) is 8.42 Å². The summed E-state index contributed by atoms with van der Waals surface area (Å²) in [7, 11) is -3.66. The number of H-pyrrole nitrogens is 1. The molecule has 2 N–H and O–H groups in total. The van der Waals surface area contributed by atoms with Gasteiger partial charge in [-0.3, -0.25) is 9.82 Å². The average Bonchev–Trinajstić information content (AvgIpc) is 3.26. The molecule has 1 aliphatic rings. The number of aromatic amines is 1. The van der Waals surface area contributed by atoms with Crippen LogP contribution in [0.4, 0.5) is 5.69 Å². The van der Waals surface area contributed by atoms with Crippen molar-refractivity contribution in [1.29, 1.82) is 0 Å². The summed E-state index contributed by atoms with van der Waals surface area (Å²) in [4.78, 5) is 0.800. The number of hydrogen-bond acceptors (Lipinski definition) is 6. The van der Waals surface area contributed by atoms with Gasteiger partial charge in [-0.2, -0.15) is 5.10 Å². The number of hydrogen-bond donors (Lipinski definition) is 2. The van der Waals surface area contributed by atoms with Crippen LogP contribution >= 0.6 is 11.3 Å². The zero-order valence-corrected chi connectivity index (χ0v) is 13.3. The minimum absolute atomic E-state index is 0.143. The number of thiophene rings is 1. The molecule has 0 saturated heterocycles. The number of sulfonamides is 1. The van der Waals surface area contributed by atoms with Gasteiger partial charge in [-0.05, 0) is 30.3 Å². The van der Waals surface area contributed by atoms with Gasteiger partial charge in [0, 0.05) is 12.3 Å². The molecule has 0 unspecified atom stereocenters. The summed E-state index contributed by atoms with van der Waals surface area (Å²) in [5, 5.41) is 6.67. The first-order valence-corrected chi connectivity index (χ1v) is 8.94. The summed E-state index contributed by atoms with van der Waals surface area (Å²) in [5.41, 5.74) is 1.20. The molecule has 1 aliphatic heterocycles. The Labute approximate surface area is 135 Å². The quantitative estimate of drug-likeness (QED) is 0.755. The van der Waals surface area contributed by atoms with Crippen LogP contribution in [0.1, 0.15) is 0 Å². The van der Waals surface area contributed by atoms with Crippen molar-refractivity contribution in [3.8, 4) is 22.1 Å². The number of rotatable bonds is 4. The molecule has 7 nitrogen and oxygen atoms in total. The van der Waals surface area contributed by atoms with Crippen molar-refractivity contribution in [3.63, 3.8) is 0 Å². The number of ether oxygens (including phenoxy) is 2. The maximum Gasteiger partial charge on any atom is 0.271 e. The van der Waals surface area contributed by atoms with Crippen molar-refractivity contribution < 1.29 is 17.9 Å². The highest BCUT2D eigenvalue weighted by atomic mass is 32.2. The molecule has 0 radical (unpaired) electrons. The van der Waals surface area contributed by atoms with E-state index in [2.05, 4.69) is 14.9 Å². The van der Waals surface area contributed by atoms with Crippen molar-refractivity contribution in [3.05, 3.63) is 42.6 Å². The minimum Gasteiger partial charge on any atom is -0.454 e. The van der Waals surface area contributed by atoms with Gasteiger partial charge in [0.1, 0.15) is 4.21 Å². The smallest absolute Gasteiger partial charge is 0.271 e. The second-order valence-corrected chi connectivity index (χ2v) is 7.76. The summed E-state index contributed by atoms with van der Waals surface area (Å²) in [6, 6.07) is 10.00. The van der Waals surface area contributed by atoms with Crippen LogP contribution in [0.5, 0.6) is 11.5 Å². The molecule has 118 valence electrons. The lowest BCUT2D eigenvalue weighted by Crippen LogP contribution is -2.11. The minimum atomic E-state index is -3.66. The third-order valence-corrected chi connectivity index (χ3v) is 6.23. The second-order valence-electron chi connectivity index (χ2n) is 4.76. The lowest BCUT2D eigenvalue weighted by Gasteiger charge is -2.06. The normalized spacial score (nSPS) is 13.2. The molecule has 0 atom stereocenters. The molecule has 0 aliphatic carbocycles. The molecule has 0 amide bonds. The van der Waals surface area contributed by atoms with Gasteiger partial charge in [-0.1, -0.05) is 0 Å². The van der Waals surface area contributed by atoms with E-state index in [9.17, 15) is 8.42 Å². The van der Waals surface area contributed by atoms with Gasteiger partial charge in [0.2, 0.25) is 6.79 Å². The van der Waals surface area contributed by atoms with E-state index in [1.165, 1.54) is 0 Å². The monoisotopic (exact) mass is 349 g/mol. The van der Waals surface area contributed by atoms with Gasteiger partial charge in [0.25, 0.3) is 10.0 Å². The Morgan fingerprint density at radius 1 is 1.13 bits per heavy atom. The molecule has 3 heterocycles. The van der Waals surface area contributed by atoms with Crippen molar-refractivity contribution in [2.45, 2.75) is 4.21 Å². The molecule has 0 fully saturated rings. The number of nitrogens with one attached hydrogen (secondary N) is 2. The van der Waals surface area contributed by atoms with E-state index in [4.69, 9.17) is 9.47 Å². The lowest BCUT2D eigenvalue weighted by molar-refractivity contribution is 0.174. The van der Waals surface area contributed by atoms with Gasteiger partial charge in [0.15, 0.2) is 11.5 Å². The van der Waals surface area contributed by atoms with Crippen LogP contribution in [0.15, 0.2) is 46.8 Å². The second kappa shape index (κ2) is 5.28. The number of benzene rings is 1. The molecular weight excluding hydrogens is 338 g/mol. The fraction of sp³-hybridized carbons (Fsp3) is 0.0714. The van der Waals surface area contributed by atoms with E-state index < -0.39 is 10.0 Å². The van der Waals surface area contributed by atoms with Crippen LogP contribution in [0.25, 0.3) is 10.6 Å². The van der Waals surface area contributed by atoms with Crippen molar-refractivity contribution >= 4 is 27.0 Å². The van der Waals surface area contributed by atoms with Gasteiger partial charge in [-0.15, -0.1) is 11.3 Å². The number of nitrogens with zero attached hydrogens (tertiary/aromatic N) is 1. The first-order valence-electron chi connectivity index (χ1n) is 6.64. The van der Waals surface area contributed by atoms with Gasteiger partial charge in [0.05, 0.1) is 16.3 Å². The fourth-order valence-corrected chi connectivity index (χ4v) is 4.50. The van der Waals surface area contributed by atoms with Crippen molar-refractivity contribution in [1.82, 2.24) is 10.2 Å². The molecule has 0 spiro atoms. The largest absolute Gasteiger partial charge is 0.454 e. The lowest BCUT2D eigenvalue weighted by atomic mass is 10.3. The van der Waals surface area contributed by atoms with E-state index >= 15 is 0 Å². The number of aromatic nitrogens is 2. The molecule has 2 aromatic heterocycles. The predicted octanol–water partition coefficient (Wildman–Crippen LogP) is 2.67. The molecule has 0 saturated carbocycles. The number of fused-ring (bicyclic) bond motifs is 1. The van der Waals surface area contributed by atoms with E-state index in [1.54, 1.807) is 42.6 Å². The van der Waals surface area contributed by atoms with E-state index in [-0.39, 0.29) is 11.0 Å². The predicted molar refractivity (Wildman–Crippen MR) is 85.3 cm³/mol. The van der Waals surface area contributed by atoms with Crippen LogP contribution in [-0.2, 0) is 10.0 Å². The van der Waals surface area contributed by atoms with Gasteiger partial charge >= 0.3 is 0 Å². The van der Waals surface area contributed by atoms with Crippen LogP contribution in [0.2, 0.25) is 0 Å². The summed E-state index contributed by atoms with van der Waals surface area (Å²) >= 11 is 1.16. The molecule has 23 heavy (non-hydrogen) atoms. The highest BCUT2D eigenvalue weighted by Gasteiger charge is 2.20. The zero-order valence-electron chi connectivity index (χ0n) is 11.6. The zero-order chi connectivity index (χ0) is 15.9. The molecule has 9 heteroatoms. The molecule has 0 bridgehead atoms. The first kappa shape index (κ1) is 14.1. The SMILES string of the molecule is O=S(=O)(Nc1ccc2c(c1)OCO2)c1ccc(-c2ccn[nH]2)s1. The molecular formula is C14H11N3O4S2. The van der Waals surface area contributed by atoms with Gasteiger partial charge < -0.3 is 9.47 Å². The highest BCUT2D eigenvalue weighted by Crippen LogP contribution is 2.35. The Hall–Kier alpha value is -2.52. The van der Waals surface area contributed by atoms with Crippen molar-refractivity contribution in [2.24, 2.45) is 0 Å². The maximum atomic E-state index is 12.5. The van der Waals surface area contributed by atoms with Crippen molar-refractivity contribution in [2.75, 3.05) is 11.5 Å². The highest BCUT2D eigenvalue weighted by molar-refractivity contribution is 7.94. The summed E-state index contributed by atoms with van der Waals surface area (Å²) in [6.07, 6.45) is 1.62. The van der Waals surface area contributed by atoms with Crippen LogP contribution in [0.3, 0.4) is 0 Å². The summed E-state index contributed by atoms with van der Waals surface area (Å²) in [6.45, 7) is 0.143. The Morgan fingerprint density at radius 2 is 2.00 bits per heavy atom. The standard InChI is InChI=1S/C14H11N3O4S2/c18-23(19,14-4-3-13(22-14)10-5-6-15-16-10)17-9-1-2-11-12(7-9)21-8-20-11/h1-7,17H,8H2,(H,15,16). The fourth-order valence-electron chi connectivity index (χ4n) is 2.17. The Morgan fingerprint density at radius 3 is 2.83 bits per heavy atom. The van der Waals surface area contributed by atoms with E-state index in [0.29, 0.717) is 17.2 Å². The Kier molecular flexibility index (Phi) is 3.24. The summed E-state index contributed by atoms with van der Waals surface area (Å²) < 4.78 is 38.2. The van der Waals surface area contributed by atoms with Crippen LogP contribution in [-0.4, -0.2) is 25.4 Å². The first-order chi connectivity index (χ1) is 11.1. The van der Waals surface area contributed by atoms with E-state index in [0.717, 1.165) is 21.9 Å². The maximum absolute atomic E-state index is 12.5.